The second-order valence-electron chi connectivity index (χ2n) is 16.6. The summed E-state index contributed by atoms with van der Waals surface area (Å²) in [5.41, 5.74) is 0.447. The van der Waals surface area contributed by atoms with E-state index in [4.69, 9.17) is 27.5 Å². The number of Topliss-reactive ketones (excluding diaryl/α,β-unsaturated/α-hetero) is 2. The molecule has 2 heterocycles. The van der Waals surface area contributed by atoms with Crippen LogP contribution in [0.5, 0.6) is 5.75 Å². The van der Waals surface area contributed by atoms with E-state index in [1.54, 1.807) is 24.3 Å². The van der Waals surface area contributed by atoms with Gasteiger partial charge in [-0.3, -0.25) is 14.4 Å². The van der Waals surface area contributed by atoms with Crippen molar-refractivity contribution >= 4 is 42.5 Å². The number of rotatable bonds is 20. The molecule has 0 radical (unpaired) electrons. The fourth-order valence-corrected chi connectivity index (χ4v) is 9.85. The molecule has 1 aromatic carbocycles. The summed E-state index contributed by atoms with van der Waals surface area (Å²) in [6, 6.07) is 6.74. The summed E-state index contributed by atoms with van der Waals surface area (Å²) in [6.07, 6.45) is 0.860. The van der Waals surface area contributed by atoms with Crippen molar-refractivity contribution in [1.29, 1.82) is 0 Å². The Morgan fingerprint density at radius 3 is 2.04 bits per heavy atom. The van der Waals surface area contributed by atoms with Gasteiger partial charge in [-0.2, -0.15) is 0 Å². The number of methoxy groups -OCH3 is 1. The van der Waals surface area contributed by atoms with Gasteiger partial charge in [0.15, 0.2) is 30.7 Å². The summed E-state index contributed by atoms with van der Waals surface area (Å²) in [7, 11) is -4.43. The van der Waals surface area contributed by atoms with Crippen molar-refractivity contribution < 1.29 is 46.6 Å². The monoisotopic (exact) mass is 738 g/mol. The highest BCUT2D eigenvalue weighted by Gasteiger charge is 2.52. The Bertz CT molecular complexity index is 1240. The third-order valence-electron chi connectivity index (χ3n) is 8.59. The summed E-state index contributed by atoms with van der Waals surface area (Å²) < 4.78 is 43.1. The molecule has 0 aromatic heterocycles. The van der Waals surface area contributed by atoms with Gasteiger partial charge in [-0.1, -0.05) is 6.92 Å². The molecule has 278 valence electrons. The lowest BCUT2D eigenvalue weighted by Crippen LogP contribution is -2.58. The highest BCUT2D eigenvalue weighted by molar-refractivity contribution is 6.70. The van der Waals surface area contributed by atoms with Crippen LogP contribution in [-0.4, -0.2) is 99.4 Å². The summed E-state index contributed by atoms with van der Waals surface area (Å²) >= 11 is 0. The molecule has 1 aromatic rings. The first kappa shape index (κ1) is 41.7. The van der Waals surface area contributed by atoms with Crippen LogP contribution in [0.3, 0.4) is 0 Å². The molecule has 0 N–H and O–H groups in total. The highest BCUT2D eigenvalue weighted by Crippen LogP contribution is 2.40. The maximum Gasteiger partial charge on any atom is 0.305 e. The van der Waals surface area contributed by atoms with Crippen molar-refractivity contribution in [2.45, 2.75) is 141 Å². The van der Waals surface area contributed by atoms with Gasteiger partial charge < -0.3 is 32.2 Å². The third kappa shape index (κ3) is 14.4. The van der Waals surface area contributed by atoms with Crippen LogP contribution in [0.2, 0.25) is 58.9 Å². The average Bonchev–Trinajstić information content (AvgIpc) is 3.74. The number of hydrogen-bond donors (Lipinski definition) is 0. The van der Waals surface area contributed by atoms with Crippen LogP contribution in [-0.2, 0) is 37.1 Å². The Hall–Kier alpha value is -1.72. The topological polar surface area (TPSA) is 119 Å². The molecule has 0 unspecified atom stereocenters. The van der Waals surface area contributed by atoms with Crippen molar-refractivity contribution in [2.24, 2.45) is 11.8 Å². The minimum atomic E-state index is -2.06. The molecule has 2 aliphatic rings. The predicted octanol–water partition coefficient (Wildman–Crippen LogP) is 7.04. The van der Waals surface area contributed by atoms with Crippen molar-refractivity contribution in [2.75, 3.05) is 20.3 Å². The Morgan fingerprint density at radius 2 is 1.47 bits per heavy atom. The lowest BCUT2D eigenvalue weighted by molar-refractivity contribution is -0.158. The quantitative estimate of drug-likeness (QED) is 0.0344. The molecular formula is C36H62O10Si3. The number of hydrogen-bond acceptors (Lipinski definition) is 10. The van der Waals surface area contributed by atoms with Crippen molar-refractivity contribution in [1.82, 2.24) is 0 Å². The highest BCUT2D eigenvalue weighted by atomic mass is 28.4. The molecule has 2 aliphatic heterocycles. The van der Waals surface area contributed by atoms with Gasteiger partial charge in [0.1, 0.15) is 11.5 Å². The molecule has 13 heteroatoms. The van der Waals surface area contributed by atoms with E-state index in [1.165, 1.54) is 7.11 Å². The van der Waals surface area contributed by atoms with E-state index in [2.05, 4.69) is 77.5 Å². The molecule has 0 aliphatic carbocycles. The molecule has 8 atom stereocenters. The molecule has 0 saturated carbocycles. The Labute approximate surface area is 297 Å². The van der Waals surface area contributed by atoms with E-state index in [-0.39, 0.29) is 85.3 Å². The van der Waals surface area contributed by atoms with Gasteiger partial charge in [0.25, 0.3) is 0 Å². The van der Waals surface area contributed by atoms with Gasteiger partial charge in [-0.15, -0.1) is 0 Å². The number of epoxide rings is 1. The maximum absolute atomic E-state index is 13.4. The van der Waals surface area contributed by atoms with E-state index >= 15 is 0 Å². The van der Waals surface area contributed by atoms with Gasteiger partial charge in [0.05, 0.1) is 57.3 Å². The number of carbonyl (C=O) groups is 3. The number of ether oxygens (including phenoxy) is 4. The van der Waals surface area contributed by atoms with Crippen LogP contribution in [0.15, 0.2) is 24.3 Å². The summed E-state index contributed by atoms with van der Waals surface area (Å²) in [6.45, 7) is 24.6. The SMILES string of the molecule is COC(=O)CCCOc1ccc(C(=O)CC(=O)C[C@H]2CO[C@@H](C[C@@H]3O[C@H]3[C@H](C)[C@H](C)O[Si](C)(C)C)[C@@H](O[Si](C)(C)C)[C@@H]2O[Si](C)(C)C)cc1. The fraction of sp³-hybridized carbons (Fsp3) is 0.750. The second kappa shape index (κ2) is 17.7. The van der Waals surface area contributed by atoms with E-state index < -0.39 is 25.0 Å². The van der Waals surface area contributed by atoms with Crippen molar-refractivity contribution in [3.8, 4) is 5.75 Å². The number of esters is 1. The second-order valence-corrected chi connectivity index (χ2v) is 30.0. The summed E-state index contributed by atoms with van der Waals surface area (Å²) in [5, 5.41) is 0. The Morgan fingerprint density at radius 1 is 0.857 bits per heavy atom. The molecule has 10 nitrogen and oxygen atoms in total. The van der Waals surface area contributed by atoms with Crippen LogP contribution >= 0.6 is 0 Å². The maximum atomic E-state index is 13.4. The predicted molar refractivity (Wildman–Crippen MR) is 198 cm³/mol. The zero-order valence-corrected chi connectivity index (χ0v) is 35.0. The van der Waals surface area contributed by atoms with E-state index in [0.717, 1.165) is 0 Å². The third-order valence-corrected chi connectivity index (χ3v) is 11.6. The van der Waals surface area contributed by atoms with Crippen molar-refractivity contribution in [3.05, 3.63) is 29.8 Å². The van der Waals surface area contributed by atoms with Crippen LogP contribution < -0.4 is 4.74 Å². The van der Waals surface area contributed by atoms with E-state index in [1.807, 2.05) is 0 Å². The van der Waals surface area contributed by atoms with Crippen LogP contribution in [0.4, 0.5) is 0 Å². The molecule has 3 rings (SSSR count). The van der Waals surface area contributed by atoms with Crippen LogP contribution in [0.25, 0.3) is 0 Å². The number of benzene rings is 1. The minimum Gasteiger partial charge on any atom is -0.494 e. The molecule has 0 bridgehead atoms. The lowest BCUT2D eigenvalue weighted by atomic mass is 9.85. The molecular weight excluding hydrogens is 677 g/mol. The van der Waals surface area contributed by atoms with Gasteiger partial charge in [0, 0.05) is 42.8 Å². The van der Waals surface area contributed by atoms with Gasteiger partial charge in [0.2, 0.25) is 0 Å². The Balaban J connectivity index is 1.65. The average molecular weight is 739 g/mol. The summed E-state index contributed by atoms with van der Waals surface area (Å²) in [4.78, 5) is 37.8. The number of ketones is 2. The standard InChI is InChI=1S/C36H62O10Si3/c1-24(25(2)44-47(4,5)6)34-32(43-34)22-31-36(46-49(10,11)12)35(45-48(7,8)9)27(23-42-31)20-28(37)21-30(38)26-15-17-29(18-16-26)41-19-13-14-33(39)40-3/h15-18,24-25,27,31-32,34-36H,13-14,19-23H2,1-12H3/t24-,25+,27+,31+,32+,34+,35-,36-/m1/s1. The smallest absolute Gasteiger partial charge is 0.305 e. The molecule has 2 saturated heterocycles. The van der Waals surface area contributed by atoms with E-state index in [0.29, 0.717) is 37.4 Å². The first-order chi connectivity index (χ1) is 22.7. The zero-order valence-electron chi connectivity index (χ0n) is 32.0. The first-order valence-corrected chi connectivity index (χ1v) is 28.0. The molecule has 2 fully saturated rings. The first-order valence-electron chi connectivity index (χ1n) is 17.8. The van der Waals surface area contributed by atoms with E-state index in [9.17, 15) is 14.4 Å². The largest absolute Gasteiger partial charge is 0.494 e. The minimum absolute atomic E-state index is 0.0559. The Kier molecular flexibility index (Phi) is 15.0. The normalized spacial score (nSPS) is 25.7. The molecule has 0 amide bonds. The lowest BCUT2D eigenvalue weighted by Gasteiger charge is -2.47. The zero-order chi connectivity index (χ0) is 36.7. The fourth-order valence-electron chi connectivity index (χ4n) is 6.28. The molecule has 49 heavy (non-hydrogen) atoms. The van der Waals surface area contributed by atoms with Gasteiger partial charge in [-0.25, -0.2) is 0 Å². The summed E-state index contributed by atoms with van der Waals surface area (Å²) in [5.74, 6) is -0.0511. The van der Waals surface area contributed by atoms with Crippen molar-refractivity contribution in [3.63, 3.8) is 0 Å². The van der Waals surface area contributed by atoms with Gasteiger partial charge >= 0.3 is 5.97 Å². The number of carbonyl (C=O) groups excluding carboxylic acids is 3. The molecule has 0 spiro atoms. The van der Waals surface area contributed by atoms with Crippen LogP contribution in [0.1, 0.15) is 56.3 Å². The van der Waals surface area contributed by atoms with Gasteiger partial charge in [-0.05, 0) is 96.5 Å². The van der Waals surface area contributed by atoms with Crippen LogP contribution in [0, 0.1) is 11.8 Å².